The Hall–Kier alpha value is -1.88. The Morgan fingerprint density at radius 3 is 2.95 bits per heavy atom. The van der Waals surface area contributed by atoms with Crippen LogP contribution in [-0.2, 0) is 4.74 Å². The fourth-order valence-electron chi connectivity index (χ4n) is 2.48. The lowest BCUT2D eigenvalue weighted by Crippen LogP contribution is -2.37. The van der Waals surface area contributed by atoms with Crippen molar-refractivity contribution in [3.8, 4) is 0 Å². The van der Waals surface area contributed by atoms with Crippen molar-refractivity contribution in [3.05, 3.63) is 30.1 Å². The molecular formula is C16H22N4O. The van der Waals surface area contributed by atoms with Crippen LogP contribution in [0.1, 0.15) is 31.9 Å². The molecule has 0 bridgehead atoms. The molecule has 1 fully saturated rings. The lowest BCUT2D eigenvalue weighted by Gasteiger charge is -2.27. The van der Waals surface area contributed by atoms with Crippen molar-refractivity contribution in [1.29, 1.82) is 0 Å². The largest absolute Gasteiger partial charge is 0.378 e. The zero-order valence-corrected chi connectivity index (χ0v) is 12.5. The number of fused-ring (bicyclic) bond motifs is 1. The van der Waals surface area contributed by atoms with Crippen molar-refractivity contribution in [2.45, 2.75) is 26.2 Å². The van der Waals surface area contributed by atoms with E-state index in [1.807, 2.05) is 22.8 Å². The SMILES string of the molecule is CCCC/C=C/c1cnc2ccc(N3CCOCC3)nn12. The maximum Gasteiger partial charge on any atom is 0.154 e. The van der Waals surface area contributed by atoms with Gasteiger partial charge in [-0.05, 0) is 24.6 Å². The van der Waals surface area contributed by atoms with E-state index >= 15 is 0 Å². The third kappa shape index (κ3) is 3.24. The summed E-state index contributed by atoms with van der Waals surface area (Å²) in [5.74, 6) is 0.993. The van der Waals surface area contributed by atoms with Gasteiger partial charge in [-0.1, -0.05) is 25.8 Å². The van der Waals surface area contributed by atoms with E-state index in [2.05, 4.69) is 29.0 Å². The number of aromatic nitrogens is 3. The maximum atomic E-state index is 5.39. The van der Waals surface area contributed by atoms with Crippen LogP contribution in [-0.4, -0.2) is 40.9 Å². The van der Waals surface area contributed by atoms with Gasteiger partial charge in [-0.25, -0.2) is 9.50 Å². The fraction of sp³-hybridized carbons (Fsp3) is 0.500. The number of imidazole rings is 1. The van der Waals surface area contributed by atoms with Crippen molar-refractivity contribution >= 4 is 17.5 Å². The molecule has 0 N–H and O–H groups in total. The second kappa shape index (κ2) is 6.72. The lowest BCUT2D eigenvalue weighted by molar-refractivity contribution is 0.122. The molecule has 0 amide bonds. The predicted octanol–water partition coefficient (Wildman–Crippen LogP) is 2.77. The quantitative estimate of drug-likeness (QED) is 0.793. The number of nitrogens with zero attached hydrogens (tertiary/aromatic N) is 4. The summed E-state index contributed by atoms with van der Waals surface area (Å²) in [6.45, 7) is 5.54. The average molecular weight is 286 g/mol. The van der Waals surface area contributed by atoms with Crippen LogP contribution >= 0.6 is 0 Å². The summed E-state index contributed by atoms with van der Waals surface area (Å²) in [5, 5.41) is 4.73. The van der Waals surface area contributed by atoms with Crippen molar-refractivity contribution in [1.82, 2.24) is 14.6 Å². The zero-order chi connectivity index (χ0) is 14.5. The van der Waals surface area contributed by atoms with Gasteiger partial charge in [0.05, 0.1) is 25.1 Å². The smallest absolute Gasteiger partial charge is 0.154 e. The van der Waals surface area contributed by atoms with E-state index in [-0.39, 0.29) is 0 Å². The summed E-state index contributed by atoms with van der Waals surface area (Å²) < 4.78 is 7.32. The van der Waals surface area contributed by atoms with E-state index in [0.717, 1.165) is 49.9 Å². The number of ether oxygens (including phenoxy) is 1. The van der Waals surface area contributed by atoms with Gasteiger partial charge in [0, 0.05) is 13.1 Å². The number of unbranched alkanes of at least 4 members (excludes halogenated alkanes) is 2. The standard InChI is InChI=1S/C16H22N4O/c1-2-3-4-5-6-14-13-17-15-7-8-16(18-20(14)15)19-9-11-21-12-10-19/h5-8,13H,2-4,9-12H2,1H3/b6-5+. The van der Waals surface area contributed by atoms with Crippen LogP contribution in [0, 0.1) is 0 Å². The van der Waals surface area contributed by atoms with Gasteiger partial charge >= 0.3 is 0 Å². The van der Waals surface area contributed by atoms with E-state index in [1.54, 1.807) is 0 Å². The van der Waals surface area contributed by atoms with Gasteiger partial charge in [-0.2, -0.15) is 0 Å². The first kappa shape index (κ1) is 14.1. The van der Waals surface area contributed by atoms with E-state index < -0.39 is 0 Å². The van der Waals surface area contributed by atoms with Gasteiger partial charge < -0.3 is 9.64 Å². The molecule has 0 atom stereocenters. The second-order valence-electron chi connectivity index (χ2n) is 5.29. The maximum absolute atomic E-state index is 5.39. The molecule has 2 aromatic rings. The minimum atomic E-state index is 0.771. The van der Waals surface area contributed by atoms with Crippen LogP contribution in [0.15, 0.2) is 24.4 Å². The molecule has 1 saturated heterocycles. The molecule has 0 radical (unpaired) electrons. The highest BCUT2D eigenvalue weighted by atomic mass is 16.5. The molecule has 5 heteroatoms. The van der Waals surface area contributed by atoms with Crippen LogP contribution in [0.2, 0.25) is 0 Å². The molecule has 0 aromatic carbocycles. The third-order valence-corrected chi connectivity index (χ3v) is 3.72. The number of morpholine rings is 1. The van der Waals surface area contributed by atoms with Gasteiger partial charge in [0.2, 0.25) is 0 Å². The van der Waals surface area contributed by atoms with Gasteiger partial charge in [0.25, 0.3) is 0 Å². The topological polar surface area (TPSA) is 42.7 Å². The molecule has 0 spiro atoms. The summed E-state index contributed by atoms with van der Waals surface area (Å²) in [5.41, 5.74) is 1.93. The van der Waals surface area contributed by atoms with Crippen LogP contribution in [0.4, 0.5) is 5.82 Å². The van der Waals surface area contributed by atoms with Gasteiger partial charge in [-0.15, -0.1) is 5.10 Å². The van der Waals surface area contributed by atoms with Crippen LogP contribution in [0.5, 0.6) is 0 Å². The summed E-state index contributed by atoms with van der Waals surface area (Å²) in [4.78, 5) is 6.67. The third-order valence-electron chi connectivity index (χ3n) is 3.72. The van der Waals surface area contributed by atoms with Crippen LogP contribution in [0.3, 0.4) is 0 Å². The van der Waals surface area contributed by atoms with Crippen molar-refractivity contribution < 1.29 is 4.74 Å². The molecule has 3 rings (SSSR count). The molecule has 5 nitrogen and oxygen atoms in total. The Balaban J connectivity index is 1.83. The molecule has 0 unspecified atom stereocenters. The molecule has 112 valence electrons. The molecule has 0 saturated carbocycles. The highest BCUT2D eigenvalue weighted by Crippen LogP contribution is 2.15. The molecule has 0 aliphatic carbocycles. The Morgan fingerprint density at radius 1 is 1.29 bits per heavy atom. The minimum Gasteiger partial charge on any atom is -0.378 e. The first-order valence-electron chi connectivity index (χ1n) is 7.72. The van der Waals surface area contributed by atoms with Gasteiger partial charge in [-0.3, -0.25) is 0 Å². The number of rotatable bonds is 5. The van der Waals surface area contributed by atoms with E-state index in [0.29, 0.717) is 0 Å². The zero-order valence-electron chi connectivity index (χ0n) is 12.5. The number of hydrogen-bond acceptors (Lipinski definition) is 4. The Bertz CT molecular complexity index is 614. The lowest BCUT2D eigenvalue weighted by atomic mass is 10.2. The average Bonchev–Trinajstić information content (AvgIpc) is 2.95. The van der Waals surface area contributed by atoms with E-state index in [9.17, 15) is 0 Å². The van der Waals surface area contributed by atoms with Crippen molar-refractivity contribution in [3.63, 3.8) is 0 Å². The first-order valence-corrected chi connectivity index (χ1v) is 7.72. The Kier molecular flexibility index (Phi) is 4.50. The molecule has 1 aliphatic heterocycles. The second-order valence-corrected chi connectivity index (χ2v) is 5.29. The molecule has 2 aromatic heterocycles. The normalized spacial score (nSPS) is 16.1. The number of anilines is 1. The summed E-state index contributed by atoms with van der Waals surface area (Å²) >= 11 is 0. The highest BCUT2D eigenvalue weighted by Gasteiger charge is 2.13. The number of allylic oxidation sites excluding steroid dienone is 1. The molecule has 21 heavy (non-hydrogen) atoms. The van der Waals surface area contributed by atoms with E-state index in [4.69, 9.17) is 9.84 Å². The molecular weight excluding hydrogens is 264 g/mol. The first-order chi connectivity index (χ1) is 10.4. The van der Waals surface area contributed by atoms with Gasteiger partial charge in [0.1, 0.15) is 5.82 Å². The van der Waals surface area contributed by atoms with Crippen molar-refractivity contribution in [2.24, 2.45) is 0 Å². The van der Waals surface area contributed by atoms with Gasteiger partial charge in [0.15, 0.2) is 5.65 Å². The summed E-state index contributed by atoms with van der Waals surface area (Å²) in [6.07, 6.45) is 9.75. The predicted molar refractivity (Wildman–Crippen MR) is 84.6 cm³/mol. The fourth-order valence-corrected chi connectivity index (χ4v) is 2.48. The van der Waals surface area contributed by atoms with E-state index in [1.165, 1.54) is 12.8 Å². The molecule has 1 aliphatic rings. The molecule has 3 heterocycles. The highest BCUT2D eigenvalue weighted by molar-refractivity contribution is 5.53. The number of hydrogen-bond donors (Lipinski definition) is 0. The Labute approximate surface area is 125 Å². The Morgan fingerprint density at radius 2 is 2.14 bits per heavy atom. The minimum absolute atomic E-state index is 0.771. The summed E-state index contributed by atoms with van der Waals surface area (Å²) in [7, 11) is 0. The van der Waals surface area contributed by atoms with Crippen LogP contribution in [0.25, 0.3) is 11.7 Å². The van der Waals surface area contributed by atoms with Crippen LogP contribution < -0.4 is 4.90 Å². The summed E-state index contributed by atoms with van der Waals surface area (Å²) in [6, 6.07) is 4.07. The monoisotopic (exact) mass is 286 g/mol. The van der Waals surface area contributed by atoms with Crippen molar-refractivity contribution in [2.75, 3.05) is 31.2 Å².